The van der Waals surface area contributed by atoms with Gasteiger partial charge in [-0.05, 0) is 11.6 Å². The van der Waals surface area contributed by atoms with E-state index in [1.165, 1.54) is 6.20 Å². The summed E-state index contributed by atoms with van der Waals surface area (Å²) >= 11 is 0. The molecule has 0 aromatic carbocycles. The number of aliphatic hydroxyl groups excluding tert-OH is 1. The van der Waals surface area contributed by atoms with E-state index in [0.717, 1.165) is 12.3 Å². The highest BCUT2D eigenvalue weighted by Gasteiger charge is 2.13. The van der Waals surface area contributed by atoms with Gasteiger partial charge in [-0.2, -0.15) is 0 Å². The van der Waals surface area contributed by atoms with E-state index in [9.17, 15) is 9.18 Å². The SMILES string of the molecule is O=C(O)C(O)Cc1cncc(F)c1. The average molecular weight is 185 g/mol. The van der Waals surface area contributed by atoms with E-state index in [-0.39, 0.29) is 6.42 Å². The van der Waals surface area contributed by atoms with Crippen molar-refractivity contribution in [3.05, 3.63) is 29.8 Å². The molecule has 2 N–H and O–H groups in total. The largest absolute Gasteiger partial charge is 0.479 e. The lowest BCUT2D eigenvalue weighted by Gasteiger charge is -2.04. The van der Waals surface area contributed by atoms with Crippen LogP contribution in [0.25, 0.3) is 0 Å². The summed E-state index contributed by atoms with van der Waals surface area (Å²) in [5.74, 6) is -1.88. The minimum atomic E-state index is -1.51. The van der Waals surface area contributed by atoms with Crippen LogP contribution in [-0.2, 0) is 11.2 Å². The molecule has 0 spiro atoms. The Morgan fingerprint density at radius 2 is 2.31 bits per heavy atom. The Kier molecular flexibility index (Phi) is 2.92. The summed E-state index contributed by atoms with van der Waals surface area (Å²) < 4.78 is 12.5. The molecule has 4 nitrogen and oxygen atoms in total. The molecule has 1 aromatic heterocycles. The van der Waals surface area contributed by atoms with Crippen molar-refractivity contribution in [2.45, 2.75) is 12.5 Å². The zero-order valence-electron chi connectivity index (χ0n) is 6.64. The number of carboxylic acids is 1. The van der Waals surface area contributed by atoms with Crippen LogP contribution in [-0.4, -0.2) is 27.3 Å². The Hall–Kier alpha value is -1.49. The van der Waals surface area contributed by atoms with Gasteiger partial charge in [0, 0.05) is 12.6 Å². The van der Waals surface area contributed by atoms with E-state index >= 15 is 0 Å². The van der Waals surface area contributed by atoms with Crippen molar-refractivity contribution in [3.8, 4) is 0 Å². The molecular weight excluding hydrogens is 177 g/mol. The van der Waals surface area contributed by atoms with Gasteiger partial charge in [0.25, 0.3) is 0 Å². The van der Waals surface area contributed by atoms with E-state index in [4.69, 9.17) is 10.2 Å². The Bertz CT molecular complexity index is 316. The predicted molar refractivity (Wildman–Crippen MR) is 41.5 cm³/mol. The highest BCUT2D eigenvalue weighted by molar-refractivity contribution is 5.72. The fourth-order valence-electron chi connectivity index (χ4n) is 0.878. The summed E-state index contributed by atoms with van der Waals surface area (Å²) in [5, 5.41) is 17.3. The molecule has 70 valence electrons. The number of halogens is 1. The van der Waals surface area contributed by atoms with Crippen molar-refractivity contribution in [1.29, 1.82) is 0 Å². The van der Waals surface area contributed by atoms with Crippen LogP contribution in [0.5, 0.6) is 0 Å². The maximum absolute atomic E-state index is 12.5. The fourth-order valence-corrected chi connectivity index (χ4v) is 0.878. The summed E-state index contributed by atoms with van der Waals surface area (Å²) in [6, 6.07) is 1.14. The monoisotopic (exact) mass is 185 g/mol. The number of hydrogen-bond acceptors (Lipinski definition) is 3. The first kappa shape index (κ1) is 9.60. The Labute approximate surface area is 73.7 Å². The zero-order valence-corrected chi connectivity index (χ0v) is 6.64. The van der Waals surface area contributed by atoms with E-state index in [2.05, 4.69) is 4.98 Å². The smallest absolute Gasteiger partial charge is 0.332 e. The van der Waals surface area contributed by atoms with Gasteiger partial charge in [-0.1, -0.05) is 0 Å². The topological polar surface area (TPSA) is 70.4 Å². The minimum absolute atomic E-state index is 0.139. The highest BCUT2D eigenvalue weighted by atomic mass is 19.1. The predicted octanol–water partition coefficient (Wildman–Crippen LogP) is 0.209. The van der Waals surface area contributed by atoms with Crippen LogP contribution in [0.3, 0.4) is 0 Å². The van der Waals surface area contributed by atoms with E-state index < -0.39 is 17.9 Å². The molecule has 0 aliphatic heterocycles. The number of hydrogen-bond donors (Lipinski definition) is 2. The Morgan fingerprint density at radius 1 is 1.62 bits per heavy atom. The first-order valence-corrected chi connectivity index (χ1v) is 3.60. The molecular formula is C8H8FNO3. The maximum Gasteiger partial charge on any atom is 0.332 e. The van der Waals surface area contributed by atoms with Crippen LogP contribution in [0.1, 0.15) is 5.56 Å². The molecule has 0 amide bonds. The lowest BCUT2D eigenvalue weighted by molar-refractivity contribution is -0.146. The van der Waals surface area contributed by atoms with Gasteiger partial charge in [0.05, 0.1) is 6.20 Å². The fraction of sp³-hybridized carbons (Fsp3) is 0.250. The Balaban J connectivity index is 2.69. The van der Waals surface area contributed by atoms with Crippen molar-refractivity contribution in [1.82, 2.24) is 4.98 Å². The maximum atomic E-state index is 12.5. The van der Waals surface area contributed by atoms with Gasteiger partial charge in [-0.15, -0.1) is 0 Å². The summed E-state index contributed by atoms with van der Waals surface area (Å²) in [6.07, 6.45) is 0.676. The normalized spacial score (nSPS) is 12.5. The molecule has 0 radical (unpaired) electrons. The third kappa shape index (κ3) is 2.79. The molecule has 0 saturated heterocycles. The van der Waals surface area contributed by atoms with Crippen LogP contribution in [0.15, 0.2) is 18.5 Å². The number of pyridine rings is 1. The van der Waals surface area contributed by atoms with E-state index in [1.807, 2.05) is 0 Å². The standard InChI is InChI=1S/C8H8FNO3/c9-6-1-5(3-10-4-6)2-7(11)8(12)13/h1,3-4,7,11H,2H2,(H,12,13). The van der Waals surface area contributed by atoms with Gasteiger partial charge in [-0.3, -0.25) is 4.98 Å². The summed E-state index contributed by atoms with van der Waals surface area (Å²) in [4.78, 5) is 13.7. The van der Waals surface area contributed by atoms with Gasteiger partial charge in [0.15, 0.2) is 6.10 Å². The second-order valence-electron chi connectivity index (χ2n) is 2.57. The number of nitrogens with zero attached hydrogens (tertiary/aromatic N) is 1. The quantitative estimate of drug-likeness (QED) is 0.706. The molecule has 1 rings (SSSR count). The molecule has 5 heteroatoms. The molecule has 0 fully saturated rings. The molecule has 0 bridgehead atoms. The number of aliphatic carboxylic acids is 1. The second-order valence-corrected chi connectivity index (χ2v) is 2.57. The first-order valence-electron chi connectivity index (χ1n) is 3.60. The Morgan fingerprint density at radius 3 is 2.85 bits per heavy atom. The number of rotatable bonds is 3. The second kappa shape index (κ2) is 3.95. The molecule has 1 unspecified atom stereocenters. The lowest BCUT2D eigenvalue weighted by atomic mass is 10.1. The van der Waals surface area contributed by atoms with Crippen molar-refractivity contribution >= 4 is 5.97 Å². The molecule has 0 saturated carbocycles. The molecule has 0 aliphatic rings. The van der Waals surface area contributed by atoms with Crippen molar-refractivity contribution in [2.24, 2.45) is 0 Å². The molecule has 0 aliphatic carbocycles. The van der Waals surface area contributed by atoms with Crippen molar-refractivity contribution in [3.63, 3.8) is 0 Å². The van der Waals surface area contributed by atoms with Crippen LogP contribution in [0, 0.1) is 5.82 Å². The van der Waals surface area contributed by atoms with Crippen molar-refractivity contribution < 1.29 is 19.4 Å². The lowest BCUT2D eigenvalue weighted by Crippen LogP contribution is -2.22. The molecule has 1 atom stereocenters. The zero-order chi connectivity index (χ0) is 9.84. The number of carboxylic acid groups (broad SMARTS) is 1. The van der Waals surface area contributed by atoms with Crippen LogP contribution < -0.4 is 0 Å². The first-order chi connectivity index (χ1) is 6.09. The van der Waals surface area contributed by atoms with Gasteiger partial charge in [0.1, 0.15) is 5.82 Å². The summed E-state index contributed by atoms with van der Waals surface area (Å²) in [6.45, 7) is 0. The molecule has 1 heterocycles. The van der Waals surface area contributed by atoms with E-state index in [1.54, 1.807) is 0 Å². The average Bonchev–Trinajstić information content (AvgIpc) is 2.04. The van der Waals surface area contributed by atoms with Crippen molar-refractivity contribution in [2.75, 3.05) is 0 Å². The number of aliphatic hydroxyl groups is 1. The van der Waals surface area contributed by atoms with Gasteiger partial charge in [-0.25, -0.2) is 9.18 Å². The third-order valence-corrected chi connectivity index (χ3v) is 1.48. The number of carbonyl (C=O) groups is 1. The van der Waals surface area contributed by atoms with Crippen LogP contribution >= 0.6 is 0 Å². The van der Waals surface area contributed by atoms with E-state index in [0.29, 0.717) is 5.56 Å². The molecule has 1 aromatic rings. The third-order valence-electron chi connectivity index (χ3n) is 1.48. The van der Waals surface area contributed by atoms with Gasteiger partial charge in [0.2, 0.25) is 0 Å². The summed E-state index contributed by atoms with van der Waals surface area (Å²) in [7, 11) is 0. The van der Waals surface area contributed by atoms with Gasteiger partial charge < -0.3 is 10.2 Å². The molecule has 13 heavy (non-hydrogen) atoms. The van der Waals surface area contributed by atoms with Gasteiger partial charge >= 0.3 is 5.97 Å². The van der Waals surface area contributed by atoms with Crippen LogP contribution in [0.4, 0.5) is 4.39 Å². The number of aromatic nitrogens is 1. The minimum Gasteiger partial charge on any atom is -0.479 e. The van der Waals surface area contributed by atoms with Crippen LogP contribution in [0.2, 0.25) is 0 Å². The summed E-state index contributed by atoms with van der Waals surface area (Å²) in [5.41, 5.74) is 0.356. The highest BCUT2D eigenvalue weighted by Crippen LogP contribution is 2.04.